The van der Waals surface area contributed by atoms with E-state index in [9.17, 15) is 4.79 Å². The normalized spacial score (nSPS) is 11.9. The van der Waals surface area contributed by atoms with Crippen LogP contribution in [0.5, 0.6) is 0 Å². The molecule has 1 amide bonds. The fraction of sp³-hybridized carbons (Fsp3) is 0.357. The van der Waals surface area contributed by atoms with Crippen molar-refractivity contribution < 1.29 is 4.79 Å². The lowest BCUT2D eigenvalue weighted by Crippen LogP contribution is -2.28. The van der Waals surface area contributed by atoms with Crippen LogP contribution in [0.2, 0.25) is 0 Å². The standard InChI is InChI=1S/C14H18N4OS2/c1-3-15-13-17-18-14(21-13)20-9-12(19)16-10(2)11-7-5-4-6-8-11/h4-8,10H,3,9H2,1-2H3,(H,15,17)(H,16,19)/t10-/m1/s1. The summed E-state index contributed by atoms with van der Waals surface area (Å²) in [4.78, 5) is 11.9. The average Bonchev–Trinajstić information content (AvgIpc) is 2.94. The Morgan fingerprint density at radius 1 is 1.33 bits per heavy atom. The van der Waals surface area contributed by atoms with Gasteiger partial charge in [0.1, 0.15) is 0 Å². The number of rotatable bonds is 7. The van der Waals surface area contributed by atoms with Crippen LogP contribution in [0.1, 0.15) is 25.5 Å². The van der Waals surface area contributed by atoms with Gasteiger partial charge in [0.2, 0.25) is 11.0 Å². The van der Waals surface area contributed by atoms with E-state index in [1.54, 1.807) is 0 Å². The Morgan fingerprint density at radius 3 is 2.81 bits per heavy atom. The van der Waals surface area contributed by atoms with Gasteiger partial charge in [-0.15, -0.1) is 10.2 Å². The van der Waals surface area contributed by atoms with E-state index >= 15 is 0 Å². The largest absolute Gasteiger partial charge is 0.360 e. The molecule has 0 unspecified atom stereocenters. The highest BCUT2D eigenvalue weighted by molar-refractivity contribution is 8.01. The van der Waals surface area contributed by atoms with Crippen molar-refractivity contribution >= 4 is 34.1 Å². The highest BCUT2D eigenvalue weighted by Crippen LogP contribution is 2.25. The molecule has 0 bridgehead atoms. The number of aromatic nitrogens is 2. The third-order valence-electron chi connectivity index (χ3n) is 2.74. The molecule has 1 aromatic heterocycles. The number of nitrogens with zero attached hydrogens (tertiary/aromatic N) is 2. The summed E-state index contributed by atoms with van der Waals surface area (Å²) in [5, 5.41) is 14.9. The predicted molar refractivity (Wildman–Crippen MR) is 87.8 cm³/mol. The Hall–Kier alpha value is -1.60. The number of thioether (sulfide) groups is 1. The van der Waals surface area contributed by atoms with Crippen LogP contribution in [0.4, 0.5) is 5.13 Å². The molecular weight excluding hydrogens is 304 g/mol. The molecule has 1 aromatic carbocycles. The van der Waals surface area contributed by atoms with E-state index < -0.39 is 0 Å². The Labute approximate surface area is 132 Å². The number of benzene rings is 1. The van der Waals surface area contributed by atoms with Crippen LogP contribution < -0.4 is 10.6 Å². The monoisotopic (exact) mass is 322 g/mol. The van der Waals surface area contributed by atoms with Gasteiger partial charge in [0.15, 0.2) is 4.34 Å². The summed E-state index contributed by atoms with van der Waals surface area (Å²) in [6.07, 6.45) is 0. The maximum absolute atomic E-state index is 11.9. The van der Waals surface area contributed by atoms with Gasteiger partial charge in [-0.2, -0.15) is 0 Å². The maximum Gasteiger partial charge on any atom is 0.230 e. The van der Waals surface area contributed by atoms with Crippen LogP contribution in [0.25, 0.3) is 0 Å². The third-order valence-corrected chi connectivity index (χ3v) is 4.75. The molecule has 0 spiro atoms. The lowest BCUT2D eigenvalue weighted by molar-refractivity contribution is -0.119. The summed E-state index contributed by atoms with van der Waals surface area (Å²) in [6.45, 7) is 4.80. The van der Waals surface area contributed by atoms with Crippen LogP contribution in [-0.4, -0.2) is 28.4 Å². The molecule has 0 aliphatic heterocycles. The van der Waals surface area contributed by atoms with Crippen molar-refractivity contribution in [3.63, 3.8) is 0 Å². The smallest absolute Gasteiger partial charge is 0.230 e. The maximum atomic E-state index is 11.9. The van der Waals surface area contributed by atoms with Crippen molar-refractivity contribution in [3.05, 3.63) is 35.9 Å². The topological polar surface area (TPSA) is 66.9 Å². The van der Waals surface area contributed by atoms with E-state index in [2.05, 4.69) is 20.8 Å². The van der Waals surface area contributed by atoms with Crippen LogP contribution in [0, 0.1) is 0 Å². The SMILES string of the molecule is CCNc1nnc(SCC(=O)N[C@H](C)c2ccccc2)s1. The first kappa shape index (κ1) is 15.8. The van der Waals surface area contributed by atoms with Crippen LogP contribution >= 0.6 is 23.1 Å². The molecule has 112 valence electrons. The van der Waals surface area contributed by atoms with Gasteiger partial charge in [-0.1, -0.05) is 53.4 Å². The molecule has 5 nitrogen and oxygen atoms in total. The molecule has 0 saturated carbocycles. The van der Waals surface area contributed by atoms with Crippen LogP contribution in [0.15, 0.2) is 34.7 Å². The van der Waals surface area contributed by atoms with Gasteiger partial charge in [-0.05, 0) is 19.4 Å². The van der Waals surface area contributed by atoms with E-state index in [4.69, 9.17) is 0 Å². The van der Waals surface area contributed by atoms with E-state index in [0.717, 1.165) is 21.6 Å². The van der Waals surface area contributed by atoms with Gasteiger partial charge in [-0.25, -0.2) is 0 Å². The Kier molecular flexibility index (Phi) is 6.01. The molecule has 0 radical (unpaired) electrons. The zero-order chi connectivity index (χ0) is 15.1. The molecular formula is C14H18N4OS2. The summed E-state index contributed by atoms with van der Waals surface area (Å²) in [7, 11) is 0. The summed E-state index contributed by atoms with van der Waals surface area (Å²) < 4.78 is 0.800. The molecule has 7 heteroatoms. The molecule has 1 atom stereocenters. The minimum absolute atomic E-state index is 0.00319. The number of amides is 1. The predicted octanol–water partition coefficient (Wildman–Crippen LogP) is 2.94. The van der Waals surface area contributed by atoms with Crippen molar-refractivity contribution in [1.82, 2.24) is 15.5 Å². The second-order valence-electron chi connectivity index (χ2n) is 4.39. The molecule has 0 saturated heterocycles. The van der Waals surface area contributed by atoms with Crippen LogP contribution in [-0.2, 0) is 4.79 Å². The number of nitrogens with one attached hydrogen (secondary N) is 2. The zero-order valence-electron chi connectivity index (χ0n) is 12.0. The summed E-state index contributed by atoms with van der Waals surface area (Å²) in [5.41, 5.74) is 1.10. The number of carbonyl (C=O) groups excluding carboxylic acids is 1. The van der Waals surface area contributed by atoms with E-state index in [1.165, 1.54) is 23.1 Å². The fourth-order valence-corrected chi connectivity index (χ4v) is 3.36. The average molecular weight is 322 g/mol. The number of anilines is 1. The summed E-state index contributed by atoms with van der Waals surface area (Å²) in [6, 6.07) is 9.92. The van der Waals surface area contributed by atoms with Gasteiger partial charge in [0, 0.05) is 6.54 Å². The summed E-state index contributed by atoms with van der Waals surface area (Å²) >= 11 is 2.87. The molecule has 1 heterocycles. The molecule has 2 N–H and O–H groups in total. The van der Waals surface area contributed by atoms with Gasteiger partial charge >= 0.3 is 0 Å². The highest BCUT2D eigenvalue weighted by Gasteiger charge is 2.11. The molecule has 2 rings (SSSR count). The second kappa shape index (κ2) is 7.99. The van der Waals surface area contributed by atoms with E-state index in [0.29, 0.717) is 5.75 Å². The first-order valence-corrected chi connectivity index (χ1v) is 8.53. The molecule has 0 aliphatic rings. The Balaban J connectivity index is 1.79. The zero-order valence-corrected chi connectivity index (χ0v) is 13.6. The number of hydrogen-bond donors (Lipinski definition) is 2. The quantitative estimate of drug-likeness (QED) is 0.767. The first-order chi connectivity index (χ1) is 10.2. The van der Waals surface area contributed by atoms with Gasteiger partial charge < -0.3 is 10.6 Å². The Bertz CT molecular complexity index is 573. The molecule has 0 aliphatic carbocycles. The van der Waals surface area contributed by atoms with Crippen LogP contribution in [0.3, 0.4) is 0 Å². The summed E-state index contributed by atoms with van der Waals surface area (Å²) in [5.74, 6) is 0.342. The Morgan fingerprint density at radius 2 is 2.10 bits per heavy atom. The lowest BCUT2D eigenvalue weighted by atomic mass is 10.1. The number of carbonyl (C=O) groups is 1. The second-order valence-corrected chi connectivity index (χ2v) is 6.59. The van der Waals surface area contributed by atoms with Crippen molar-refractivity contribution in [2.24, 2.45) is 0 Å². The van der Waals surface area contributed by atoms with Gasteiger partial charge in [-0.3, -0.25) is 4.79 Å². The van der Waals surface area contributed by atoms with E-state index in [1.807, 2.05) is 44.2 Å². The first-order valence-electron chi connectivity index (χ1n) is 6.73. The molecule has 0 fully saturated rings. The molecule has 2 aromatic rings. The van der Waals surface area contributed by atoms with E-state index in [-0.39, 0.29) is 11.9 Å². The highest BCUT2D eigenvalue weighted by atomic mass is 32.2. The van der Waals surface area contributed by atoms with Crippen molar-refractivity contribution in [2.75, 3.05) is 17.6 Å². The van der Waals surface area contributed by atoms with Crippen molar-refractivity contribution in [2.45, 2.75) is 24.2 Å². The van der Waals surface area contributed by atoms with Gasteiger partial charge in [0.05, 0.1) is 11.8 Å². The minimum atomic E-state index is -0.00319. The van der Waals surface area contributed by atoms with Crippen molar-refractivity contribution in [3.8, 4) is 0 Å². The lowest BCUT2D eigenvalue weighted by Gasteiger charge is -2.13. The molecule has 21 heavy (non-hydrogen) atoms. The number of hydrogen-bond acceptors (Lipinski definition) is 6. The fourth-order valence-electron chi connectivity index (χ4n) is 1.73. The minimum Gasteiger partial charge on any atom is -0.360 e. The van der Waals surface area contributed by atoms with Gasteiger partial charge in [0.25, 0.3) is 0 Å². The van der Waals surface area contributed by atoms with Crippen molar-refractivity contribution in [1.29, 1.82) is 0 Å². The third kappa shape index (κ3) is 5.02.